The second kappa shape index (κ2) is 7.57. The van der Waals surface area contributed by atoms with E-state index in [4.69, 9.17) is 4.74 Å². The molecule has 1 aliphatic rings. The first kappa shape index (κ1) is 16.0. The predicted octanol–water partition coefficient (Wildman–Crippen LogP) is 2.21. The molecule has 21 heavy (non-hydrogen) atoms. The molecule has 0 N–H and O–H groups in total. The van der Waals surface area contributed by atoms with Gasteiger partial charge in [0.25, 0.3) is 5.91 Å². The van der Waals surface area contributed by atoms with Crippen LogP contribution in [-0.2, 0) is 4.74 Å². The van der Waals surface area contributed by atoms with Crippen LogP contribution < -0.4 is 0 Å². The normalized spacial score (nSPS) is 16.5. The van der Waals surface area contributed by atoms with E-state index in [1.807, 2.05) is 17.0 Å². The van der Waals surface area contributed by atoms with Crippen LogP contribution in [-0.4, -0.2) is 62.1 Å². The highest BCUT2D eigenvalue weighted by Gasteiger charge is 2.21. The number of hydrogen-bond acceptors (Lipinski definition) is 3. The smallest absolute Gasteiger partial charge is 0.253 e. The molecule has 0 spiro atoms. The number of hydrogen-bond donors (Lipinski definition) is 0. The third-order valence-corrected chi connectivity index (χ3v) is 4.10. The summed E-state index contributed by atoms with van der Waals surface area (Å²) in [7, 11) is 1.72. The van der Waals surface area contributed by atoms with Crippen molar-refractivity contribution in [3.8, 4) is 0 Å². The molecule has 4 heteroatoms. The third-order valence-electron chi connectivity index (χ3n) is 4.10. The van der Waals surface area contributed by atoms with E-state index in [0.29, 0.717) is 5.92 Å². The Kier molecular flexibility index (Phi) is 5.76. The Morgan fingerprint density at radius 3 is 2.29 bits per heavy atom. The van der Waals surface area contributed by atoms with Gasteiger partial charge in [-0.25, -0.2) is 0 Å². The molecule has 0 aliphatic carbocycles. The minimum absolute atomic E-state index is 0.150. The van der Waals surface area contributed by atoms with Crippen molar-refractivity contribution in [3.05, 3.63) is 35.4 Å². The molecule has 1 aliphatic heterocycles. The maximum absolute atomic E-state index is 12.5. The van der Waals surface area contributed by atoms with Crippen LogP contribution in [0.5, 0.6) is 0 Å². The molecule has 4 nitrogen and oxygen atoms in total. The Morgan fingerprint density at radius 2 is 1.76 bits per heavy atom. The maximum Gasteiger partial charge on any atom is 0.253 e. The van der Waals surface area contributed by atoms with E-state index in [1.165, 1.54) is 5.56 Å². The SMILES string of the molecule is COCCN1CCN(C(=O)c2ccc(C(C)C)cc2)CC1. The van der Waals surface area contributed by atoms with Gasteiger partial charge in [-0.3, -0.25) is 9.69 Å². The molecule has 1 fully saturated rings. The fourth-order valence-corrected chi connectivity index (χ4v) is 2.59. The molecule has 1 aromatic carbocycles. The summed E-state index contributed by atoms with van der Waals surface area (Å²) in [5.74, 6) is 0.648. The van der Waals surface area contributed by atoms with Gasteiger partial charge >= 0.3 is 0 Å². The monoisotopic (exact) mass is 290 g/mol. The number of rotatable bonds is 5. The molecule has 2 rings (SSSR count). The average Bonchev–Trinajstić information content (AvgIpc) is 2.53. The van der Waals surface area contributed by atoms with Gasteiger partial charge in [0.15, 0.2) is 0 Å². The number of carbonyl (C=O) groups excluding carboxylic acids is 1. The Balaban J connectivity index is 1.89. The zero-order valence-electron chi connectivity index (χ0n) is 13.3. The van der Waals surface area contributed by atoms with Crippen LogP contribution in [0.4, 0.5) is 0 Å². The van der Waals surface area contributed by atoms with Crippen LogP contribution in [0.1, 0.15) is 35.7 Å². The van der Waals surface area contributed by atoms with E-state index >= 15 is 0 Å². The van der Waals surface area contributed by atoms with Gasteiger partial charge in [0.2, 0.25) is 0 Å². The molecular formula is C17H26N2O2. The summed E-state index contributed by atoms with van der Waals surface area (Å²) in [4.78, 5) is 16.8. The van der Waals surface area contributed by atoms with Gasteiger partial charge in [-0.1, -0.05) is 26.0 Å². The van der Waals surface area contributed by atoms with E-state index in [9.17, 15) is 4.79 Å². The van der Waals surface area contributed by atoms with Gasteiger partial charge in [0.1, 0.15) is 0 Å². The highest BCUT2D eigenvalue weighted by atomic mass is 16.5. The Hall–Kier alpha value is -1.39. The molecule has 1 heterocycles. The van der Waals surface area contributed by atoms with Crippen molar-refractivity contribution in [2.24, 2.45) is 0 Å². The minimum Gasteiger partial charge on any atom is -0.383 e. The predicted molar refractivity (Wildman–Crippen MR) is 84.8 cm³/mol. The Morgan fingerprint density at radius 1 is 1.14 bits per heavy atom. The van der Waals surface area contributed by atoms with E-state index in [-0.39, 0.29) is 5.91 Å². The number of ether oxygens (including phenoxy) is 1. The van der Waals surface area contributed by atoms with Crippen LogP contribution in [0.2, 0.25) is 0 Å². The summed E-state index contributed by atoms with van der Waals surface area (Å²) >= 11 is 0. The Bertz CT molecular complexity index is 448. The quantitative estimate of drug-likeness (QED) is 0.833. The molecular weight excluding hydrogens is 264 g/mol. The third kappa shape index (κ3) is 4.29. The molecule has 0 unspecified atom stereocenters. The summed E-state index contributed by atoms with van der Waals surface area (Å²) in [5, 5.41) is 0. The van der Waals surface area contributed by atoms with Crippen molar-refractivity contribution < 1.29 is 9.53 Å². The zero-order valence-corrected chi connectivity index (χ0v) is 13.3. The molecule has 0 atom stereocenters. The molecule has 1 amide bonds. The average molecular weight is 290 g/mol. The standard InChI is InChI=1S/C17H26N2O2/c1-14(2)15-4-6-16(7-5-15)17(20)19-10-8-18(9-11-19)12-13-21-3/h4-7,14H,8-13H2,1-3H3. The van der Waals surface area contributed by atoms with E-state index in [0.717, 1.165) is 44.9 Å². The summed E-state index contributed by atoms with van der Waals surface area (Å²) < 4.78 is 5.10. The summed E-state index contributed by atoms with van der Waals surface area (Å²) in [6.45, 7) is 9.49. The second-order valence-corrected chi connectivity index (χ2v) is 5.90. The molecule has 0 radical (unpaired) electrons. The van der Waals surface area contributed by atoms with Crippen molar-refractivity contribution in [2.75, 3.05) is 46.4 Å². The molecule has 0 saturated carbocycles. The lowest BCUT2D eigenvalue weighted by Gasteiger charge is -2.34. The van der Waals surface area contributed by atoms with Crippen LogP contribution >= 0.6 is 0 Å². The number of benzene rings is 1. The van der Waals surface area contributed by atoms with Crippen molar-refractivity contribution in [2.45, 2.75) is 19.8 Å². The fourth-order valence-electron chi connectivity index (χ4n) is 2.59. The molecule has 0 aromatic heterocycles. The van der Waals surface area contributed by atoms with E-state index < -0.39 is 0 Å². The molecule has 1 aromatic rings. The van der Waals surface area contributed by atoms with Crippen LogP contribution in [0.3, 0.4) is 0 Å². The Labute approximate surface area is 127 Å². The topological polar surface area (TPSA) is 32.8 Å². The summed E-state index contributed by atoms with van der Waals surface area (Å²) in [6.07, 6.45) is 0. The zero-order chi connectivity index (χ0) is 15.2. The molecule has 1 saturated heterocycles. The van der Waals surface area contributed by atoms with Crippen molar-refractivity contribution >= 4 is 5.91 Å². The fraction of sp³-hybridized carbons (Fsp3) is 0.588. The van der Waals surface area contributed by atoms with Gasteiger partial charge in [-0.2, -0.15) is 0 Å². The summed E-state index contributed by atoms with van der Waals surface area (Å²) in [6, 6.07) is 8.03. The van der Waals surface area contributed by atoms with Gasteiger partial charge in [-0.15, -0.1) is 0 Å². The van der Waals surface area contributed by atoms with Crippen LogP contribution in [0.15, 0.2) is 24.3 Å². The molecule has 116 valence electrons. The number of amides is 1. The lowest BCUT2D eigenvalue weighted by Crippen LogP contribution is -2.49. The summed E-state index contributed by atoms with van der Waals surface area (Å²) in [5.41, 5.74) is 2.07. The van der Waals surface area contributed by atoms with E-state index in [1.54, 1.807) is 7.11 Å². The van der Waals surface area contributed by atoms with Gasteiger partial charge < -0.3 is 9.64 Å². The van der Waals surface area contributed by atoms with Crippen molar-refractivity contribution in [1.29, 1.82) is 0 Å². The minimum atomic E-state index is 0.150. The lowest BCUT2D eigenvalue weighted by atomic mass is 10.0. The lowest BCUT2D eigenvalue weighted by molar-refractivity contribution is 0.0594. The van der Waals surface area contributed by atoms with Crippen molar-refractivity contribution in [3.63, 3.8) is 0 Å². The second-order valence-electron chi connectivity index (χ2n) is 5.90. The first-order valence-electron chi connectivity index (χ1n) is 7.72. The highest BCUT2D eigenvalue weighted by molar-refractivity contribution is 5.94. The maximum atomic E-state index is 12.5. The first-order chi connectivity index (χ1) is 10.1. The van der Waals surface area contributed by atoms with Gasteiger partial charge in [0, 0.05) is 45.4 Å². The largest absolute Gasteiger partial charge is 0.383 e. The van der Waals surface area contributed by atoms with Gasteiger partial charge in [0.05, 0.1) is 6.61 Å². The van der Waals surface area contributed by atoms with Crippen LogP contribution in [0, 0.1) is 0 Å². The number of nitrogens with zero attached hydrogens (tertiary/aromatic N) is 2. The van der Waals surface area contributed by atoms with E-state index in [2.05, 4.69) is 30.9 Å². The first-order valence-corrected chi connectivity index (χ1v) is 7.72. The van der Waals surface area contributed by atoms with Crippen molar-refractivity contribution in [1.82, 2.24) is 9.80 Å². The molecule has 0 bridgehead atoms. The van der Waals surface area contributed by atoms with Crippen LogP contribution in [0.25, 0.3) is 0 Å². The number of methoxy groups -OCH3 is 1. The number of piperazine rings is 1. The highest BCUT2D eigenvalue weighted by Crippen LogP contribution is 2.16. The van der Waals surface area contributed by atoms with Gasteiger partial charge in [-0.05, 0) is 23.6 Å². The number of carbonyl (C=O) groups is 1.